The summed E-state index contributed by atoms with van der Waals surface area (Å²) in [6.07, 6.45) is 0.738. The van der Waals surface area contributed by atoms with Crippen LogP contribution in [0, 0.1) is 4.91 Å². The lowest BCUT2D eigenvalue weighted by Crippen LogP contribution is -2.21. The second kappa shape index (κ2) is 8.43. The van der Waals surface area contributed by atoms with E-state index in [0.717, 1.165) is 5.56 Å². The van der Waals surface area contributed by atoms with Gasteiger partial charge in [-0.05, 0) is 32.3 Å². The van der Waals surface area contributed by atoms with Crippen LogP contribution >= 0.6 is 0 Å². The fourth-order valence-corrected chi connectivity index (χ4v) is 1.97. The molecule has 0 spiro atoms. The Kier molecular flexibility index (Phi) is 6.87. The van der Waals surface area contributed by atoms with E-state index in [4.69, 9.17) is 4.74 Å². The summed E-state index contributed by atoms with van der Waals surface area (Å²) in [5.41, 5.74) is 1.02. The first-order valence-electron chi connectivity index (χ1n) is 6.69. The topological polar surface area (TPSA) is 65.0 Å². The number of benzene rings is 1. The van der Waals surface area contributed by atoms with E-state index in [1.54, 1.807) is 0 Å². The van der Waals surface area contributed by atoms with E-state index in [1.807, 2.05) is 44.2 Å². The Morgan fingerprint density at radius 1 is 1.20 bits per heavy atom. The van der Waals surface area contributed by atoms with Crippen molar-refractivity contribution < 1.29 is 14.3 Å². The van der Waals surface area contributed by atoms with E-state index < -0.39 is 12.0 Å². The molecule has 2 atom stereocenters. The van der Waals surface area contributed by atoms with Crippen LogP contribution in [0.2, 0.25) is 0 Å². The van der Waals surface area contributed by atoms with Crippen molar-refractivity contribution in [3.05, 3.63) is 40.8 Å². The van der Waals surface area contributed by atoms with Crippen molar-refractivity contribution in [2.45, 2.75) is 44.9 Å². The van der Waals surface area contributed by atoms with Gasteiger partial charge in [0.05, 0.1) is 19.3 Å². The van der Waals surface area contributed by atoms with Crippen LogP contribution in [-0.4, -0.2) is 25.2 Å². The number of methoxy groups -OCH3 is 1. The van der Waals surface area contributed by atoms with Gasteiger partial charge in [0, 0.05) is 0 Å². The molecule has 2 unspecified atom stereocenters. The van der Waals surface area contributed by atoms with Gasteiger partial charge < -0.3 is 9.47 Å². The Balaban J connectivity index is 2.70. The van der Waals surface area contributed by atoms with Crippen molar-refractivity contribution >= 4 is 5.97 Å². The number of nitrogens with zero attached hydrogens (tertiary/aromatic N) is 1. The molecule has 0 amide bonds. The third-order valence-corrected chi connectivity index (χ3v) is 2.91. The highest BCUT2D eigenvalue weighted by atomic mass is 16.5. The SMILES string of the molecule is COC(=O)C(CCC(OC(C)C)c1ccccc1)N=O. The lowest BCUT2D eigenvalue weighted by atomic mass is 10.0. The van der Waals surface area contributed by atoms with Crippen LogP contribution in [0.1, 0.15) is 38.4 Å². The van der Waals surface area contributed by atoms with E-state index in [9.17, 15) is 9.70 Å². The standard InChI is InChI=1S/C15H21NO4/c1-11(2)20-14(12-7-5-4-6-8-12)10-9-13(16-18)15(17)19-3/h4-8,11,13-14H,9-10H2,1-3H3. The van der Waals surface area contributed by atoms with Crippen molar-refractivity contribution in [3.63, 3.8) is 0 Å². The minimum Gasteiger partial charge on any atom is -0.467 e. The van der Waals surface area contributed by atoms with Crippen LogP contribution < -0.4 is 0 Å². The van der Waals surface area contributed by atoms with Gasteiger partial charge in [-0.25, -0.2) is 4.79 Å². The summed E-state index contributed by atoms with van der Waals surface area (Å²) in [5.74, 6) is -0.601. The molecular formula is C15H21NO4. The van der Waals surface area contributed by atoms with Crippen LogP contribution in [0.25, 0.3) is 0 Å². The summed E-state index contributed by atoms with van der Waals surface area (Å²) in [6.45, 7) is 3.90. The van der Waals surface area contributed by atoms with Gasteiger partial charge >= 0.3 is 5.97 Å². The molecule has 0 fully saturated rings. The highest BCUT2D eigenvalue weighted by Gasteiger charge is 2.23. The molecule has 0 saturated heterocycles. The van der Waals surface area contributed by atoms with E-state index in [0.29, 0.717) is 12.8 Å². The predicted molar refractivity (Wildman–Crippen MR) is 76.2 cm³/mol. The van der Waals surface area contributed by atoms with Crippen molar-refractivity contribution in [1.82, 2.24) is 0 Å². The summed E-state index contributed by atoms with van der Waals surface area (Å²) in [6, 6.07) is 8.76. The fourth-order valence-electron chi connectivity index (χ4n) is 1.97. The van der Waals surface area contributed by atoms with E-state index in [2.05, 4.69) is 9.91 Å². The van der Waals surface area contributed by atoms with Gasteiger partial charge in [0.25, 0.3) is 0 Å². The second-order valence-corrected chi connectivity index (χ2v) is 4.81. The minimum absolute atomic E-state index is 0.0565. The van der Waals surface area contributed by atoms with E-state index in [-0.39, 0.29) is 12.2 Å². The molecule has 0 heterocycles. The van der Waals surface area contributed by atoms with Crippen LogP contribution in [0.15, 0.2) is 35.5 Å². The quantitative estimate of drug-likeness (QED) is 0.541. The fraction of sp³-hybridized carbons (Fsp3) is 0.533. The molecular weight excluding hydrogens is 258 g/mol. The molecule has 20 heavy (non-hydrogen) atoms. The van der Waals surface area contributed by atoms with Crippen LogP contribution in [0.5, 0.6) is 0 Å². The van der Waals surface area contributed by atoms with Gasteiger partial charge in [-0.15, -0.1) is 4.91 Å². The largest absolute Gasteiger partial charge is 0.467 e. The maximum atomic E-state index is 11.4. The molecule has 0 aliphatic heterocycles. The first kappa shape index (κ1) is 16.3. The summed E-state index contributed by atoms with van der Waals surface area (Å²) in [7, 11) is 1.25. The lowest BCUT2D eigenvalue weighted by Gasteiger charge is -2.21. The summed E-state index contributed by atoms with van der Waals surface area (Å²) in [4.78, 5) is 22.0. The van der Waals surface area contributed by atoms with Gasteiger partial charge in [0.1, 0.15) is 0 Å². The van der Waals surface area contributed by atoms with Crippen molar-refractivity contribution in [2.75, 3.05) is 7.11 Å². The van der Waals surface area contributed by atoms with Gasteiger partial charge in [-0.1, -0.05) is 35.5 Å². The molecule has 110 valence electrons. The van der Waals surface area contributed by atoms with Gasteiger partial charge in [-0.2, -0.15) is 0 Å². The highest BCUT2D eigenvalue weighted by molar-refractivity contribution is 5.75. The molecule has 0 N–H and O–H groups in total. The van der Waals surface area contributed by atoms with Crippen LogP contribution in [0.4, 0.5) is 0 Å². The Morgan fingerprint density at radius 2 is 1.85 bits per heavy atom. The molecule has 5 nitrogen and oxygen atoms in total. The van der Waals surface area contributed by atoms with Crippen LogP contribution in [-0.2, 0) is 14.3 Å². The molecule has 0 radical (unpaired) electrons. The van der Waals surface area contributed by atoms with Crippen molar-refractivity contribution in [1.29, 1.82) is 0 Å². The summed E-state index contributed by atoms with van der Waals surface area (Å²) < 4.78 is 10.4. The maximum Gasteiger partial charge on any atom is 0.334 e. The zero-order valence-corrected chi connectivity index (χ0v) is 12.1. The molecule has 0 saturated carbocycles. The molecule has 0 aliphatic carbocycles. The molecule has 0 aromatic heterocycles. The number of esters is 1. The number of hydrogen-bond acceptors (Lipinski definition) is 5. The Morgan fingerprint density at radius 3 is 2.35 bits per heavy atom. The van der Waals surface area contributed by atoms with Crippen molar-refractivity contribution in [2.24, 2.45) is 5.18 Å². The average molecular weight is 279 g/mol. The van der Waals surface area contributed by atoms with Gasteiger partial charge in [0.15, 0.2) is 6.04 Å². The lowest BCUT2D eigenvalue weighted by molar-refractivity contribution is -0.142. The predicted octanol–water partition coefficient (Wildman–Crippen LogP) is 3.24. The Labute approximate surface area is 119 Å². The molecule has 1 aromatic carbocycles. The van der Waals surface area contributed by atoms with Crippen LogP contribution in [0.3, 0.4) is 0 Å². The number of rotatable bonds is 8. The normalized spacial score (nSPS) is 13.8. The zero-order chi connectivity index (χ0) is 15.0. The van der Waals surface area contributed by atoms with Crippen molar-refractivity contribution in [3.8, 4) is 0 Å². The smallest absolute Gasteiger partial charge is 0.334 e. The first-order chi connectivity index (χ1) is 9.58. The molecule has 0 aliphatic rings. The molecule has 1 aromatic rings. The number of nitroso groups, excluding NO2 is 1. The zero-order valence-electron chi connectivity index (χ0n) is 12.1. The molecule has 0 bridgehead atoms. The summed E-state index contributed by atoms with van der Waals surface area (Å²) in [5, 5.41) is 2.82. The molecule has 5 heteroatoms. The maximum absolute atomic E-state index is 11.4. The highest BCUT2D eigenvalue weighted by Crippen LogP contribution is 2.25. The van der Waals surface area contributed by atoms with E-state index >= 15 is 0 Å². The van der Waals surface area contributed by atoms with Gasteiger partial charge in [-0.3, -0.25) is 0 Å². The van der Waals surface area contributed by atoms with E-state index in [1.165, 1.54) is 7.11 Å². The summed E-state index contributed by atoms with van der Waals surface area (Å²) >= 11 is 0. The molecule has 1 rings (SSSR count). The monoisotopic (exact) mass is 279 g/mol. The average Bonchev–Trinajstić information content (AvgIpc) is 2.46. The van der Waals surface area contributed by atoms with Gasteiger partial charge in [0.2, 0.25) is 0 Å². The Hall–Kier alpha value is -1.75. The number of hydrogen-bond donors (Lipinski definition) is 0. The minimum atomic E-state index is -0.970. The number of carbonyl (C=O) groups excluding carboxylic acids is 1. The third kappa shape index (κ3) is 5.09. The second-order valence-electron chi connectivity index (χ2n) is 4.81. The number of carbonyl (C=O) groups is 1. The number of ether oxygens (including phenoxy) is 2. The third-order valence-electron chi connectivity index (χ3n) is 2.91. The Bertz CT molecular complexity index is 419. The first-order valence-corrected chi connectivity index (χ1v) is 6.69.